The van der Waals surface area contributed by atoms with E-state index < -0.39 is 7.80 Å². The normalized spacial score (nSPS) is 5.00. The van der Waals surface area contributed by atoms with Gasteiger partial charge in [0, 0.05) is 26.2 Å². The van der Waals surface area contributed by atoms with Crippen molar-refractivity contribution in [1.82, 2.24) is 0 Å². The van der Waals surface area contributed by atoms with Crippen LogP contribution in [0.3, 0.4) is 0 Å². The van der Waals surface area contributed by atoms with Gasteiger partial charge in [-0.1, -0.05) is 0 Å². The van der Waals surface area contributed by atoms with Crippen LogP contribution in [0.25, 0.3) is 0 Å². The summed E-state index contributed by atoms with van der Waals surface area (Å²) >= 11 is 0. The molecule has 0 aliphatic heterocycles. The van der Waals surface area contributed by atoms with Gasteiger partial charge in [0.25, 0.3) is 0 Å². The molecule has 1 nitrogen and oxygen atoms in total. The molecule has 0 fully saturated rings. The molecular weight excluding hydrogens is 233 g/mol. The van der Waals surface area contributed by atoms with Crippen molar-refractivity contribution >= 4 is 32.6 Å². The summed E-state index contributed by atoms with van der Waals surface area (Å²) in [5.74, 6) is 0. The topological polar surface area (TPSA) is 17.1 Å². The van der Waals surface area contributed by atoms with Crippen LogP contribution in [0.4, 0.5) is 0 Å². The minimum atomic E-state index is -1.13. The molecule has 7 heavy (non-hydrogen) atoms. The van der Waals surface area contributed by atoms with E-state index in [4.69, 9.17) is 0 Å². The molecule has 0 aliphatic carbocycles. The second kappa shape index (κ2) is 15.6. The van der Waals surface area contributed by atoms with E-state index in [1.807, 2.05) is 0 Å². The molecule has 0 spiro atoms. The first kappa shape index (κ1) is 23.4. The average Bonchev–Trinajstić information content (AvgIpc) is 0.811. The summed E-state index contributed by atoms with van der Waals surface area (Å²) in [4.78, 5) is 0. The molecular formula is C2H9Cl2OPZr. The van der Waals surface area contributed by atoms with Crippen LogP contribution >= 0.6 is 32.6 Å². The minimum Gasteiger partial charge on any atom is -0.327 e. The molecule has 0 saturated carbocycles. The molecule has 0 aromatic rings. The van der Waals surface area contributed by atoms with Gasteiger partial charge in [0.2, 0.25) is 0 Å². The van der Waals surface area contributed by atoms with Crippen LogP contribution < -0.4 is 0 Å². The summed E-state index contributed by atoms with van der Waals surface area (Å²) in [6, 6.07) is 0. The second-order valence-electron chi connectivity index (χ2n) is 0.908. The van der Waals surface area contributed by atoms with E-state index in [9.17, 15) is 4.57 Å². The standard InChI is InChI=1S/C2H7OP.2ClH.Zr/c1-4(2)3;;;/h4H,1-2H3;2*1H;. The zero-order chi connectivity index (χ0) is 3.58. The Morgan fingerprint density at radius 2 is 1.14 bits per heavy atom. The van der Waals surface area contributed by atoms with E-state index >= 15 is 0 Å². The smallest absolute Gasteiger partial charge is 0.0703 e. The van der Waals surface area contributed by atoms with Gasteiger partial charge in [-0.15, -0.1) is 24.8 Å². The molecule has 0 saturated heterocycles. The molecule has 0 bridgehead atoms. The maximum atomic E-state index is 9.63. The fraction of sp³-hybridized carbons (Fsp3) is 1.00. The average molecular weight is 242 g/mol. The number of hydrogen-bond acceptors (Lipinski definition) is 1. The van der Waals surface area contributed by atoms with Crippen LogP contribution in [0.2, 0.25) is 0 Å². The minimum absolute atomic E-state index is 0. The molecule has 0 heterocycles. The van der Waals surface area contributed by atoms with Crippen LogP contribution in [-0.2, 0) is 30.8 Å². The summed E-state index contributed by atoms with van der Waals surface area (Å²) in [7, 11) is -1.13. The number of hydrogen-bond donors (Lipinski definition) is 0. The Labute approximate surface area is 76.4 Å². The predicted molar refractivity (Wildman–Crippen MR) is 35.3 cm³/mol. The fourth-order valence-electron chi connectivity index (χ4n) is 0. The van der Waals surface area contributed by atoms with Gasteiger partial charge in [-0.3, -0.25) is 0 Å². The largest absolute Gasteiger partial charge is 0.327 e. The predicted octanol–water partition coefficient (Wildman–Crippen LogP) is 1.65. The van der Waals surface area contributed by atoms with Crippen LogP contribution in [0.1, 0.15) is 0 Å². The molecule has 0 atom stereocenters. The molecule has 0 radical (unpaired) electrons. The van der Waals surface area contributed by atoms with Gasteiger partial charge < -0.3 is 4.57 Å². The van der Waals surface area contributed by atoms with Crippen molar-refractivity contribution in [3.05, 3.63) is 0 Å². The summed E-state index contributed by atoms with van der Waals surface area (Å²) in [6.07, 6.45) is 0. The first-order valence-electron chi connectivity index (χ1n) is 1.20. The van der Waals surface area contributed by atoms with Gasteiger partial charge in [0.1, 0.15) is 0 Å². The Kier molecular flexibility index (Phi) is 52.2. The molecule has 0 aromatic heterocycles. The fourth-order valence-corrected chi connectivity index (χ4v) is 0. The van der Waals surface area contributed by atoms with E-state index in [1.165, 1.54) is 0 Å². The van der Waals surface area contributed by atoms with Gasteiger partial charge in [-0.05, 0) is 13.3 Å². The van der Waals surface area contributed by atoms with E-state index in [2.05, 4.69) is 0 Å². The maximum absolute atomic E-state index is 9.63. The van der Waals surface area contributed by atoms with E-state index in [-0.39, 0.29) is 51.0 Å². The summed E-state index contributed by atoms with van der Waals surface area (Å²) in [5, 5.41) is 0. The summed E-state index contributed by atoms with van der Waals surface area (Å²) < 4.78 is 9.63. The number of halogens is 2. The third kappa shape index (κ3) is 87.0. The number of rotatable bonds is 0. The Morgan fingerprint density at radius 1 is 1.14 bits per heavy atom. The molecule has 0 rings (SSSR count). The van der Waals surface area contributed by atoms with Crippen molar-refractivity contribution in [2.75, 3.05) is 13.3 Å². The van der Waals surface area contributed by atoms with Gasteiger partial charge in [0.15, 0.2) is 0 Å². The van der Waals surface area contributed by atoms with Crippen molar-refractivity contribution in [3.63, 3.8) is 0 Å². The molecule has 46 valence electrons. The van der Waals surface area contributed by atoms with Crippen LogP contribution in [-0.4, -0.2) is 13.3 Å². The zero-order valence-electron chi connectivity index (χ0n) is 4.22. The molecule has 0 aliphatic rings. The summed E-state index contributed by atoms with van der Waals surface area (Å²) in [5.41, 5.74) is 0. The first-order chi connectivity index (χ1) is 1.73. The van der Waals surface area contributed by atoms with Crippen molar-refractivity contribution in [1.29, 1.82) is 0 Å². The van der Waals surface area contributed by atoms with Gasteiger partial charge in [-0.2, -0.15) is 0 Å². The Bertz CT molecular complexity index is 38.7. The zero-order valence-corrected chi connectivity index (χ0v) is 9.32. The Balaban J connectivity index is -0.0000000150. The van der Waals surface area contributed by atoms with Crippen molar-refractivity contribution in [2.45, 2.75) is 0 Å². The maximum Gasteiger partial charge on any atom is 0.0703 e. The molecule has 5 heteroatoms. The van der Waals surface area contributed by atoms with Crippen LogP contribution in [0.15, 0.2) is 0 Å². The second-order valence-corrected chi connectivity index (χ2v) is 2.72. The molecule has 0 amide bonds. The van der Waals surface area contributed by atoms with Crippen LogP contribution in [0, 0.1) is 0 Å². The summed E-state index contributed by atoms with van der Waals surface area (Å²) in [6.45, 7) is 3.43. The van der Waals surface area contributed by atoms with E-state index in [0.29, 0.717) is 0 Å². The van der Waals surface area contributed by atoms with E-state index in [0.717, 1.165) is 0 Å². The van der Waals surface area contributed by atoms with Gasteiger partial charge in [0.05, 0.1) is 7.80 Å². The van der Waals surface area contributed by atoms with Crippen molar-refractivity contribution in [3.8, 4) is 0 Å². The third-order valence-electron chi connectivity index (χ3n) is 0. The molecule has 0 aromatic carbocycles. The van der Waals surface area contributed by atoms with E-state index in [1.54, 1.807) is 13.3 Å². The van der Waals surface area contributed by atoms with Gasteiger partial charge >= 0.3 is 0 Å². The van der Waals surface area contributed by atoms with Crippen molar-refractivity contribution in [2.24, 2.45) is 0 Å². The molecule has 0 N–H and O–H groups in total. The SMILES string of the molecule is C[PH](C)=O.Cl.Cl.[Zr]. The molecule has 0 unspecified atom stereocenters. The quantitative estimate of drug-likeness (QED) is 0.590. The monoisotopic (exact) mass is 240 g/mol. The Morgan fingerprint density at radius 3 is 1.14 bits per heavy atom. The third-order valence-corrected chi connectivity index (χ3v) is 0. The Hall–Kier alpha value is 1.69. The van der Waals surface area contributed by atoms with Crippen molar-refractivity contribution < 1.29 is 30.8 Å². The first-order valence-corrected chi connectivity index (χ1v) is 3.61. The van der Waals surface area contributed by atoms with Crippen LogP contribution in [0.5, 0.6) is 0 Å². The van der Waals surface area contributed by atoms with Gasteiger partial charge in [-0.25, -0.2) is 0 Å².